The maximum atomic E-state index is 10.4. The maximum Gasteiger partial charge on any atom is 0.237 e. The molecule has 4 N–H and O–H groups in total. The van der Waals surface area contributed by atoms with Gasteiger partial charge in [-0.3, -0.25) is 4.79 Å². The Balaban J connectivity index is 2.49. The summed E-state index contributed by atoms with van der Waals surface area (Å²) < 4.78 is 0. The highest BCUT2D eigenvalue weighted by Crippen LogP contribution is 2.04. The molecule has 0 aromatic carbocycles. The van der Waals surface area contributed by atoms with E-state index >= 15 is 0 Å². The highest BCUT2D eigenvalue weighted by molar-refractivity contribution is 5.80. The molecule has 4 nitrogen and oxygen atoms in total. The van der Waals surface area contributed by atoms with Crippen LogP contribution in [-0.4, -0.2) is 29.7 Å². The van der Waals surface area contributed by atoms with Crippen molar-refractivity contribution in [1.29, 1.82) is 0 Å². The Morgan fingerprint density at radius 2 is 2.44 bits per heavy atom. The standard InChI is InChI=1S/C5H10N2O2/c6-5(9)4-3(8)1-2-7-4/h3-4,7-8H,1-2H2,(H2,6,9). The summed E-state index contributed by atoms with van der Waals surface area (Å²) in [5, 5.41) is 11.8. The van der Waals surface area contributed by atoms with Crippen LogP contribution in [0.3, 0.4) is 0 Å². The second-order valence-electron chi connectivity index (χ2n) is 2.19. The number of carbonyl (C=O) groups excluding carboxylic acids is 1. The van der Waals surface area contributed by atoms with Gasteiger partial charge in [0.05, 0.1) is 6.10 Å². The summed E-state index contributed by atoms with van der Waals surface area (Å²) in [5.74, 6) is -0.472. The van der Waals surface area contributed by atoms with E-state index in [1.165, 1.54) is 0 Å². The van der Waals surface area contributed by atoms with Gasteiger partial charge in [-0.1, -0.05) is 0 Å². The van der Waals surface area contributed by atoms with Gasteiger partial charge in [0.2, 0.25) is 5.91 Å². The number of primary amides is 1. The zero-order valence-electron chi connectivity index (χ0n) is 5.00. The molecule has 2 atom stereocenters. The van der Waals surface area contributed by atoms with Crippen LogP contribution in [0.4, 0.5) is 0 Å². The fourth-order valence-corrected chi connectivity index (χ4v) is 0.980. The van der Waals surface area contributed by atoms with E-state index in [1.807, 2.05) is 0 Å². The monoisotopic (exact) mass is 130 g/mol. The predicted octanol–water partition coefficient (Wildman–Crippen LogP) is -1.81. The van der Waals surface area contributed by atoms with Gasteiger partial charge in [0, 0.05) is 0 Å². The maximum absolute atomic E-state index is 10.4. The lowest BCUT2D eigenvalue weighted by Gasteiger charge is -2.08. The summed E-state index contributed by atoms with van der Waals surface area (Å²) in [7, 11) is 0. The third kappa shape index (κ3) is 1.20. The lowest BCUT2D eigenvalue weighted by Crippen LogP contribution is -2.42. The number of aliphatic hydroxyl groups excluding tert-OH is 1. The third-order valence-corrected chi connectivity index (χ3v) is 1.50. The van der Waals surface area contributed by atoms with Gasteiger partial charge in [-0.15, -0.1) is 0 Å². The van der Waals surface area contributed by atoms with E-state index in [4.69, 9.17) is 10.8 Å². The average molecular weight is 130 g/mol. The molecule has 4 heteroatoms. The van der Waals surface area contributed by atoms with Crippen molar-refractivity contribution in [1.82, 2.24) is 5.32 Å². The predicted molar refractivity (Wildman–Crippen MR) is 31.6 cm³/mol. The van der Waals surface area contributed by atoms with Crippen LogP contribution in [0.15, 0.2) is 0 Å². The zero-order valence-corrected chi connectivity index (χ0v) is 5.00. The number of nitrogens with one attached hydrogen (secondary N) is 1. The first kappa shape index (κ1) is 6.51. The van der Waals surface area contributed by atoms with Crippen LogP contribution in [0.1, 0.15) is 6.42 Å². The van der Waals surface area contributed by atoms with Gasteiger partial charge in [-0.2, -0.15) is 0 Å². The third-order valence-electron chi connectivity index (χ3n) is 1.50. The molecule has 0 spiro atoms. The molecule has 1 aliphatic heterocycles. The summed E-state index contributed by atoms with van der Waals surface area (Å²) >= 11 is 0. The number of hydrogen-bond donors (Lipinski definition) is 3. The van der Waals surface area contributed by atoms with Crippen molar-refractivity contribution in [3.63, 3.8) is 0 Å². The first-order chi connectivity index (χ1) is 4.22. The van der Waals surface area contributed by atoms with Crippen molar-refractivity contribution in [2.24, 2.45) is 5.73 Å². The number of carbonyl (C=O) groups is 1. The van der Waals surface area contributed by atoms with E-state index in [0.29, 0.717) is 13.0 Å². The summed E-state index contributed by atoms with van der Waals surface area (Å²) in [4.78, 5) is 10.4. The molecular formula is C5H10N2O2. The largest absolute Gasteiger partial charge is 0.391 e. The Kier molecular flexibility index (Phi) is 1.68. The van der Waals surface area contributed by atoms with Crippen LogP contribution >= 0.6 is 0 Å². The number of aliphatic hydroxyl groups is 1. The normalized spacial score (nSPS) is 34.8. The minimum Gasteiger partial charge on any atom is -0.391 e. The highest BCUT2D eigenvalue weighted by atomic mass is 16.3. The average Bonchev–Trinajstić information content (AvgIpc) is 2.13. The van der Waals surface area contributed by atoms with E-state index in [9.17, 15) is 4.79 Å². The van der Waals surface area contributed by atoms with Crippen molar-refractivity contribution in [3.05, 3.63) is 0 Å². The van der Waals surface area contributed by atoms with Gasteiger partial charge >= 0.3 is 0 Å². The molecule has 1 amide bonds. The SMILES string of the molecule is NC(=O)C1NCCC1O. The van der Waals surface area contributed by atoms with Gasteiger partial charge in [0.15, 0.2) is 0 Å². The van der Waals surface area contributed by atoms with Gasteiger partial charge in [0.1, 0.15) is 6.04 Å². The van der Waals surface area contributed by atoms with E-state index in [1.54, 1.807) is 0 Å². The topological polar surface area (TPSA) is 75.4 Å². The van der Waals surface area contributed by atoms with Crippen LogP contribution in [0.2, 0.25) is 0 Å². The van der Waals surface area contributed by atoms with Gasteiger partial charge < -0.3 is 16.2 Å². The summed E-state index contributed by atoms with van der Waals surface area (Å²) in [5.41, 5.74) is 4.93. The van der Waals surface area contributed by atoms with Crippen LogP contribution in [0.25, 0.3) is 0 Å². The van der Waals surface area contributed by atoms with Crippen molar-refractivity contribution >= 4 is 5.91 Å². The number of amides is 1. The molecule has 0 radical (unpaired) electrons. The molecule has 9 heavy (non-hydrogen) atoms. The van der Waals surface area contributed by atoms with Crippen LogP contribution in [0.5, 0.6) is 0 Å². The molecule has 1 heterocycles. The first-order valence-corrected chi connectivity index (χ1v) is 2.92. The fraction of sp³-hybridized carbons (Fsp3) is 0.800. The minimum absolute atomic E-state index is 0.472. The first-order valence-electron chi connectivity index (χ1n) is 2.92. The Bertz CT molecular complexity index is 126. The molecule has 1 saturated heterocycles. The quantitative estimate of drug-likeness (QED) is 0.392. The van der Waals surface area contributed by atoms with Crippen LogP contribution in [0, 0.1) is 0 Å². The molecule has 0 aliphatic carbocycles. The summed E-state index contributed by atoms with van der Waals surface area (Å²) in [6.45, 7) is 0.675. The van der Waals surface area contributed by atoms with Gasteiger partial charge in [-0.05, 0) is 13.0 Å². The lowest BCUT2D eigenvalue weighted by molar-refractivity contribution is -0.121. The molecule has 52 valence electrons. The Morgan fingerprint density at radius 1 is 1.78 bits per heavy atom. The van der Waals surface area contributed by atoms with E-state index < -0.39 is 18.1 Å². The number of rotatable bonds is 1. The second-order valence-corrected chi connectivity index (χ2v) is 2.19. The molecule has 1 rings (SSSR count). The molecule has 1 aliphatic rings. The molecule has 0 bridgehead atoms. The molecule has 0 aromatic heterocycles. The molecular weight excluding hydrogens is 120 g/mol. The van der Waals surface area contributed by atoms with Crippen molar-refractivity contribution in [2.45, 2.75) is 18.6 Å². The smallest absolute Gasteiger partial charge is 0.237 e. The molecule has 1 fully saturated rings. The van der Waals surface area contributed by atoms with Crippen molar-refractivity contribution in [2.75, 3.05) is 6.54 Å². The Hall–Kier alpha value is -0.610. The minimum atomic E-state index is -0.581. The summed E-state index contributed by atoms with van der Waals surface area (Å²) in [6, 6.07) is -0.523. The van der Waals surface area contributed by atoms with Crippen LogP contribution in [-0.2, 0) is 4.79 Å². The number of nitrogens with two attached hydrogens (primary N) is 1. The Labute approximate surface area is 53.0 Å². The number of hydrogen-bond acceptors (Lipinski definition) is 3. The van der Waals surface area contributed by atoms with E-state index in [-0.39, 0.29) is 0 Å². The lowest BCUT2D eigenvalue weighted by atomic mass is 10.2. The molecule has 2 unspecified atom stereocenters. The summed E-state index contributed by atoms with van der Waals surface area (Å²) in [6.07, 6.45) is 0.0376. The van der Waals surface area contributed by atoms with Crippen LogP contribution < -0.4 is 11.1 Å². The highest BCUT2D eigenvalue weighted by Gasteiger charge is 2.28. The zero-order chi connectivity index (χ0) is 6.85. The van der Waals surface area contributed by atoms with Crippen molar-refractivity contribution in [3.8, 4) is 0 Å². The molecule has 0 saturated carbocycles. The fourth-order valence-electron chi connectivity index (χ4n) is 0.980. The second kappa shape index (κ2) is 2.33. The van der Waals surface area contributed by atoms with Gasteiger partial charge in [-0.25, -0.2) is 0 Å². The van der Waals surface area contributed by atoms with Gasteiger partial charge in [0.25, 0.3) is 0 Å². The van der Waals surface area contributed by atoms with E-state index in [2.05, 4.69) is 5.32 Å². The Morgan fingerprint density at radius 3 is 2.67 bits per heavy atom. The van der Waals surface area contributed by atoms with Crippen molar-refractivity contribution < 1.29 is 9.90 Å². The molecule has 0 aromatic rings. The van der Waals surface area contributed by atoms with E-state index in [0.717, 1.165) is 0 Å².